The smallest absolute Gasteiger partial charge is 0.200 e. The van der Waals surface area contributed by atoms with E-state index in [0.29, 0.717) is 19.3 Å². The minimum absolute atomic E-state index is 0.0759. The van der Waals surface area contributed by atoms with Crippen LogP contribution in [0.2, 0.25) is 0 Å². The Labute approximate surface area is 200 Å². The van der Waals surface area contributed by atoms with Crippen molar-refractivity contribution < 1.29 is 74.6 Å². The van der Waals surface area contributed by atoms with E-state index < -0.39 is 60.5 Å². The molecule has 0 aliphatic heterocycles. The van der Waals surface area contributed by atoms with E-state index >= 15 is 0 Å². The minimum Gasteiger partial charge on any atom is -0.200 e. The molecule has 17 heteroatoms. The molecule has 0 aromatic heterocycles. The summed E-state index contributed by atoms with van der Waals surface area (Å²) in [4.78, 5) is 0. The molecule has 0 aliphatic carbocycles. The molecular weight excluding hydrogens is 563 g/mol. The van der Waals surface area contributed by atoms with Gasteiger partial charge in [0.1, 0.15) is 0 Å². The van der Waals surface area contributed by atoms with Gasteiger partial charge in [-0.1, -0.05) is 44.6 Å². The van der Waals surface area contributed by atoms with Crippen LogP contribution >= 0.6 is 0 Å². The van der Waals surface area contributed by atoms with Crippen molar-refractivity contribution in [3.63, 3.8) is 0 Å². The Bertz CT molecular complexity index is 721. The molecule has 0 N–H and O–H groups in total. The maximum absolute atomic E-state index is 13.8. The van der Waals surface area contributed by atoms with Gasteiger partial charge in [0, 0.05) is 6.42 Å². The Balaban J connectivity index is 5.59. The van der Waals surface area contributed by atoms with Gasteiger partial charge in [-0.25, -0.2) is 0 Å². The highest BCUT2D eigenvalue weighted by Gasteiger charge is 2.95. The van der Waals surface area contributed by atoms with Crippen LogP contribution in [0.1, 0.15) is 64.2 Å². The number of hydrogen-bond donors (Lipinski definition) is 0. The van der Waals surface area contributed by atoms with Crippen LogP contribution in [0.3, 0.4) is 0 Å². The van der Waals surface area contributed by atoms with Crippen LogP contribution in [-0.2, 0) is 0 Å². The van der Waals surface area contributed by atoms with Gasteiger partial charge in [-0.05, 0) is 19.3 Å². The van der Waals surface area contributed by atoms with E-state index in [1.165, 1.54) is 0 Å². The molecule has 0 heterocycles. The van der Waals surface area contributed by atoms with Crippen LogP contribution < -0.4 is 0 Å². The first kappa shape index (κ1) is 35.5. The lowest BCUT2D eigenvalue weighted by atomic mass is 9.87. The van der Waals surface area contributed by atoms with Crippen molar-refractivity contribution in [3.8, 4) is 0 Å². The molecule has 37 heavy (non-hydrogen) atoms. The van der Waals surface area contributed by atoms with Crippen LogP contribution in [-0.4, -0.2) is 47.6 Å². The zero-order valence-corrected chi connectivity index (χ0v) is 18.8. The average molecular weight is 586 g/mol. The zero-order chi connectivity index (χ0) is 29.8. The van der Waals surface area contributed by atoms with Crippen molar-refractivity contribution in [2.75, 3.05) is 0 Å². The predicted octanol–water partition coefficient (Wildman–Crippen LogP) is 10.1. The minimum atomic E-state index is -8.58. The Morgan fingerprint density at radius 2 is 0.676 bits per heavy atom. The molecule has 0 fully saturated rings. The first-order valence-corrected chi connectivity index (χ1v) is 10.6. The van der Waals surface area contributed by atoms with Gasteiger partial charge in [0.2, 0.25) is 0 Å². The molecule has 0 aromatic rings. The summed E-state index contributed by atoms with van der Waals surface area (Å²) in [5.74, 6) is -55.7. The third-order valence-corrected chi connectivity index (χ3v) is 5.44. The summed E-state index contributed by atoms with van der Waals surface area (Å²) < 4.78 is 224. The van der Waals surface area contributed by atoms with Crippen molar-refractivity contribution >= 4 is 0 Å². The van der Waals surface area contributed by atoms with Gasteiger partial charge in [-0.15, -0.1) is 6.58 Å². The molecule has 222 valence electrons. The third-order valence-electron chi connectivity index (χ3n) is 5.44. The molecule has 0 saturated heterocycles. The quantitative estimate of drug-likeness (QED) is 0.0904. The molecule has 0 nitrogen and oxygen atoms in total. The predicted molar refractivity (Wildman–Crippen MR) is 97.1 cm³/mol. The summed E-state index contributed by atoms with van der Waals surface area (Å²) in [6.07, 6.45) is -5.83. The SMILES string of the molecule is C=CCCCCCCCCCCC(F)(F)C(F)(F)C(F)(F)C(F)(F)C(F)(F)C(F)(F)C(F)(F)C(F)(F)F. The van der Waals surface area contributed by atoms with Gasteiger partial charge in [0.15, 0.2) is 0 Å². The molecule has 0 aromatic carbocycles. The molecule has 0 saturated carbocycles. The first-order chi connectivity index (χ1) is 16.3. The molecular formula is C20H23F17. The lowest BCUT2D eigenvalue weighted by molar-refractivity contribution is -0.461. The van der Waals surface area contributed by atoms with E-state index in [2.05, 4.69) is 6.58 Å². The lowest BCUT2D eigenvalue weighted by Crippen LogP contribution is -2.74. The maximum Gasteiger partial charge on any atom is 0.460 e. The maximum atomic E-state index is 13.8. The van der Waals surface area contributed by atoms with Crippen molar-refractivity contribution in [1.29, 1.82) is 0 Å². The fourth-order valence-corrected chi connectivity index (χ4v) is 3.05. The van der Waals surface area contributed by atoms with Crippen LogP contribution in [0, 0.1) is 0 Å². The Morgan fingerprint density at radius 1 is 0.378 bits per heavy atom. The second kappa shape index (κ2) is 11.7. The number of rotatable bonds is 17. The zero-order valence-electron chi connectivity index (χ0n) is 18.8. The summed E-state index contributed by atoms with van der Waals surface area (Å²) in [7, 11) is 0. The molecule has 0 aliphatic rings. The van der Waals surface area contributed by atoms with Crippen molar-refractivity contribution in [3.05, 3.63) is 12.7 Å². The van der Waals surface area contributed by atoms with E-state index in [0.717, 1.165) is 19.3 Å². The van der Waals surface area contributed by atoms with Gasteiger partial charge in [0.05, 0.1) is 0 Å². The number of halogens is 17. The van der Waals surface area contributed by atoms with Crippen LogP contribution in [0.15, 0.2) is 12.7 Å². The highest BCUT2D eigenvalue weighted by atomic mass is 19.4. The molecule has 0 spiro atoms. The summed E-state index contributed by atoms with van der Waals surface area (Å²) in [5, 5.41) is 0. The Hall–Kier alpha value is -1.45. The first-order valence-electron chi connectivity index (χ1n) is 10.6. The normalized spacial score (nSPS) is 15.3. The van der Waals surface area contributed by atoms with Crippen molar-refractivity contribution in [1.82, 2.24) is 0 Å². The molecule has 0 unspecified atom stereocenters. The van der Waals surface area contributed by atoms with Gasteiger partial charge in [-0.2, -0.15) is 74.6 Å². The highest BCUT2D eigenvalue weighted by molar-refractivity contribution is 5.15. The molecule has 0 rings (SSSR count). The van der Waals surface area contributed by atoms with Crippen molar-refractivity contribution in [2.45, 2.75) is 112 Å². The lowest BCUT2D eigenvalue weighted by Gasteiger charge is -2.42. The fourth-order valence-electron chi connectivity index (χ4n) is 3.05. The van der Waals surface area contributed by atoms with Gasteiger partial charge in [0.25, 0.3) is 0 Å². The summed E-state index contributed by atoms with van der Waals surface area (Å²) in [5.41, 5.74) is 0. The molecule has 0 amide bonds. The molecule has 0 radical (unpaired) electrons. The third kappa shape index (κ3) is 6.59. The standard InChI is InChI=1S/C20H23F17/c1-2-3-4-5-6-7-8-9-10-11-12-13(21,22)14(23,24)15(25,26)16(27,28)17(29,30)18(31,32)19(33,34)20(35,36)37/h2H,1,3-12H2. The van der Waals surface area contributed by atoms with Gasteiger partial charge in [-0.3, -0.25) is 0 Å². The van der Waals surface area contributed by atoms with E-state index in [1.807, 2.05) is 0 Å². The average Bonchev–Trinajstić information content (AvgIpc) is 2.73. The summed E-state index contributed by atoms with van der Waals surface area (Å²) in [6, 6.07) is 0. The molecule has 0 atom stereocenters. The van der Waals surface area contributed by atoms with Crippen molar-refractivity contribution in [2.24, 2.45) is 0 Å². The summed E-state index contributed by atoms with van der Waals surface area (Å²) in [6.45, 7) is 3.49. The van der Waals surface area contributed by atoms with E-state index in [-0.39, 0.29) is 12.8 Å². The topological polar surface area (TPSA) is 0 Å². The van der Waals surface area contributed by atoms with Crippen LogP contribution in [0.5, 0.6) is 0 Å². The Morgan fingerprint density at radius 3 is 1.03 bits per heavy atom. The summed E-state index contributed by atoms with van der Waals surface area (Å²) >= 11 is 0. The second-order valence-corrected chi connectivity index (χ2v) is 8.30. The van der Waals surface area contributed by atoms with E-state index in [4.69, 9.17) is 0 Å². The highest BCUT2D eigenvalue weighted by Crippen LogP contribution is 2.64. The number of alkyl halides is 17. The number of allylic oxidation sites excluding steroid dienone is 1. The fraction of sp³-hybridized carbons (Fsp3) is 0.900. The largest absolute Gasteiger partial charge is 0.460 e. The van der Waals surface area contributed by atoms with Gasteiger partial charge >= 0.3 is 47.6 Å². The van der Waals surface area contributed by atoms with Crippen LogP contribution in [0.25, 0.3) is 0 Å². The number of unbranched alkanes of at least 4 members (excludes halogenated alkanes) is 8. The Kier molecular flexibility index (Phi) is 11.3. The number of hydrogen-bond acceptors (Lipinski definition) is 0. The van der Waals surface area contributed by atoms with Gasteiger partial charge < -0.3 is 0 Å². The second-order valence-electron chi connectivity index (χ2n) is 8.30. The van der Waals surface area contributed by atoms with E-state index in [9.17, 15) is 74.6 Å². The van der Waals surface area contributed by atoms with E-state index in [1.54, 1.807) is 6.08 Å². The monoisotopic (exact) mass is 586 g/mol. The molecule has 0 bridgehead atoms. The van der Waals surface area contributed by atoms with Crippen LogP contribution in [0.4, 0.5) is 74.6 Å².